The van der Waals surface area contributed by atoms with Crippen LogP contribution in [0.3, 0.4) is 0 Å². The predicted octanol–water partition coefficient (Wildman–Crippen LogP) is 5.23. The number of aromatic amines is 1. The summed E-state index contributed by atoms with van der Waals surface area (Å²) in [5.41, 5.74) is 3.06. The second-order valence-corrected chi connectivity index (χ2v) is 8.49. The first kappa shape index (κ1) is 20.9. The van der Waals surface area contributed by atoms with Crippen LogP contribution in [0.15, 0.2) is 41.3 Å². The molecule has 0 aliphatic carbocycles. The molecule has 158 valence electrons. The Morgan fingerprint density at radius 3 is 2.63 bits per heavy atom. The maximum atomic E-state index is 14.6. The first-order chi connectivity index (χ1) is 14.4. The fourth-order valence-electron chi connectivity index (χ4n) is 4.22. The molecule has 2 aromatic carbocycles. The minimum atomic E-state index is -0.488. The number of nitrogens with zero attached hydrogens (tertiary/aromatic N) is 1. The van der Waals surface area contributed by atoms with Gasteiger partial charge in [-0.2, -0.15) is 0 Å². The van der Waals surface area contributed by atoms with Crippen LogP contribution >= 0.6 is 11.6 Å². The average molecular weight is 429 g/mol. The molecule has 4 rings (SSSR count). The number of aryl methyl sites for hydroxylation is 2. The first-order valence-corrected chi connectivity index (χ1v) is 10.8. The summed E-state index contributed by atoms with van der Waals surface area (Å²) in [6.07, 6.45) is 4.06. The molecule has 1 aliphatic heterocycles. The van der Waals surface area contributed by atoms with Gasteiger partial charge in [-0.1, -0.05) is 24.6 Å². The number of likely N-dealkylation sites (tertiary alicyclic amines) is 1. The number of H-pyrrole nitrogens is 1. The molecule has 0 amide bonds. The second kappa shape index (κ2) is 8.78. The Labute approximate surface area is 180 Å². The summed E-state index contributed by atoms with van der Waals surface area (Å²) in [4.78, 5) is 17.1. The lowest BCUT2D eigenvalue weighted by atomic mass is 10.0. The molecule has 1 fully saturated rings. The Kier molecular flexibility index (Phi) is 6.11. The SMILES string of the molecule is CCc1c[nH]c(=O)c2cc(F)c(OC3CCN(Cc4cc(C)cc(Cl)c4)CC3)cc12. The largest absolute Gasteiger partial charge is 0.487 e. The van der Waals surface area contributed by atoms with Crippen LogP contribution in [0.5, 0.6) is 5.75 Å². The molecule has 0 spiro atoms. The summed E-state index contributed by atoms with van der Waals surface area (Å²) in [7, 11) is 0. The van der Waals surface area contributed by atoms with Crippen LogP contribution in [0.2, 0.25) is 5.02 Å². The van der Waals surface area contributed by atoms with Crippen LogP contribution in [0.4, 0.5) is 4.39 Å². The monoisotopic (exact) mass is 428 g/mol. The Morgan fingerprint density at radius 1 is 1.17 bits per heavy atom. The van der Waals surface area contributed by atoms with Gasteiger partial charge in [0.1, 0.15) is 6.10 Å². The van der Waals surface area contributed by atoms with Crippen molar-refractivity contribution in [2.45, 2.75) is 45.8 Å². The van der Waals surface area contributed by atoms with E-state index >= 15 is 0 Å². The average Bonchev–Trinajstić information content (AvgIpc) is 2.70. The van der Waals surface area contributed by atoms with E-state index < -0.39 is 5.82 Å². The molecule has 0 bridgehead atoms. The summed E-state index contributed by atoms with van der Waals surface area (Å²) < 4.78 is 20.7. The van der Waals surface area contributed by atoms with E-state index in [1.54, 1.807) is 12.3 Å². The molecule has 0 unspecified atom stereocenters. The molecule has 0 saturated carbocycles. The number of halogens is 2. The van der Waals surface area contributed by atoms with Crippen LogP contribution in [0, 0.1) is 12.7 Å². The number of hydrogen-bond acceptors (Lipinski definition) is 3. The highest BCUT2D eigenvalue weighted by Crippen LogP contribution is 2.28. The van der Waals surface area contributed by atoms with Gasteiger partial charge >= 0.3 is 0 Å². The van der Waals surface area contributed by atoms with Crippen LogP contribution in [-0.4, -0.2) is 29.1 Å². The van der Waals surface area contributed by atoms with Crippen molar-refractivity contribution in [3.63, 3.8) is 0 Å². The zero-order valence-corrected chi connectivity index (χ0v) is 18.1. The van der Waals surface area contributed by atoms with Crippen molar-refractivity contribution in [2.75, 3.05) is 13.1 Å². The Hall–Kier alpha value is -2.37. The van der Waals surface area contributed by atoms with Gasteiger partial charge in [0.15, 0.2) is 11.6 Å². The topological polar surface area (TPSA) is 45.3 Å². The van der Waals surface area contributed by atoms with Gasteiger partial charge in [0.2, 0.25) is 0 Å². The maximum absolute atomic E-state index is 14.6. The smallest absolute Gasteiger partial charge is 0.255 e. The first-order valence-electron chi connectivity index (χ1n) is 10.4. The third-order valence-electron chi connectivity index (χ3n) is 5.76. The number of hydrogen-bond donors (Lipinski definition) is 1. The summed E-state index contributed by atoms with van der Waals surface area (Å²) in [6, 6.07) is 9.10. The lowest BCUT2D eigenvalue weighted by Crippen LogP contribution is -2.37. The van der Waals surface area contributed by atoms with Crippen LogP contribution in [-0.2, 0) is 13.0 Å². The number of fused-ring (bicyclic) bond motifs is 1. The van der Waals surface area contributed by atoms with E-state index in [9.17, 15) is 9.18 Å². The van der Waals surface area contributed by atoms with Crippen molar-refractivity contribution in [2.24, 2.45) is 0 Å². The third kappa shape index (κ3) is 4.52. The van der Waals surface area contributed by atoms with Crippen molar-refractivity contribution >= 4 is 22.4 Å². The summed E-state index contributed by atoms with van der Waals surface area (Å²) >= 11 is 6.17. The van der Waals surface area contributed by atoms with E-state index in [1.807, 2.05) is 26.0 Å². The molecule has 2 heterocycles. The van der Waals surface area contributed by atoms with Gasteiger partial charge in [0.25, 0.3) is 5.56 Å². The van der Waals surface area contributed by atoms with E-state index in [1.165, 1.54) is 11.6 Å². The molecule has 1 aliphatic rings. The van der Waals surface area contributed by atoms with Crippen LogP contribution in [0.1, 0.15) is 36.5 Å². The number of benzene rings is 2. The third-order valence-corrected chi connectivity index (χ3v) is 5.98. The van der Waals surface area contributed by atoms with Crippen LogP contribution in [0.25, 0.3) is 10.8 Å². The molecule has 1 aromatic heterocycles. The Bertz CT molecular complexity index is 1100. The van der Waals surface area contributed by atoms with Gasteiger partial charge in [-0.25, -0.2) is 4.39 Å². The molecular formula is C24H26ClFN2O2. The number of nitrogens with one attached hydrogen (secondary N) is 1. The molecule has 30 heavy (non-hydrogen) atoms. The van der Waals surface area contributed by atoms with Crippen LogP contribution < -0.4 is 10.3 Å². The van der Waals surface area contributed by atoms with Gasteiger partial charge in [0.05, 0.1) is 5.39 Å². The van der Waals surface area contributed by atoms with E-state index in [0.717, 1.165) is 60.4 Å². The van der Waals surface area contributed by atoms with E-state index in [0.29, 0.717) is 5.39 Å². The Balaban J connectivity index is 1.44. The van der Waals surface area contributed by atoms with Gasteiger partial charge in [-0.15, -0.1) is 0 Å². The van der Waals surface area contributed by atoms with Crippen molar-refractivity contribution in [1.29, 1.82) is 0 Å². The summed E-state index contributed by atoms with van der Waals surface area (Å²) in [5.74, 6) is -0.259. The van der Waals surface area contributed by atoms with E-state index in [2.05, 4.69) is 16.0 Å². The molecule has 0 atom stereocenters. The standard InChI is InChI=1S/C24H26ClFN2O2/c1-3-17-13-27-24(29)21-11-22(26)23(12-20(17)21)30-19-4-6-28(7-5-19)14-16-8-15(2)9-18(25)10-16/h8-13,19H,3-7,14H2,1-2H3,(H,27,29). The van der Waals surface area contributed by atoms with Gasteiger partial charge in [-0.3, -0.25) is 9.69 Å². The number of piperidine rings is 1. The zero-order valence-electron chi connectivity index (χ0n) is 17.3. The molecular weight excluding hydrogens is 403 g/mol. The highest BCUT2D eigenvalue weighted by atomic mass is 35.5. The molecule has 1 saturated heterocycles. The number of rotatable bonds is 5. The fourth-order valence-corrected chi connectivity index (χ4v) is 4.54. The molecule has 6 heteroatoms. The molecule has 0 radical (unpaired) electrons. The molecule has 4 nitrogen and oxygen atoms in total. The van der Waals surface area contributed by atoms with Gasteiger partial charge in [0, 0.05) is 30.9 Å². The Morgan fingerprint density at radius 2 is 1.93 bits per heavy atom. The summed E-state index contributed by atoms with van der Waals surface area (Å²) in [5, 5.41) is 1.89. The molecule has 1 N–H and O–H groups in total. The predicted molar refractivity (Wildman–Crippen MR) is 119 cm³/mol. The number of ether oxygens (including phenoxy) is 1. The zero-order chi connectivity index (χ0) is 21.3. The maximum Gasteiger partial charge on any atom is 0.255 e. The van der Waals surface area contributed by atoms with Crippen molar-refractivity contribution in [3.8, 4) is 5.75 Å². The van der Waals surface area contributed by atoms with E-state index in [4.69, 9.17) is 16.3 Å². The lowest BCUT2D eigenvalue weighted by Gasteiger charge is -2.32. The minimum Gasteiger partial charge on any atom is -0.487 e. The minimum absolute atomic E-state index is 0.0404. The lowest BCUT2D eigenvalue weighted by molar-refractivity contribution is 0.0937. The van der Waals surface area contributed by atoms with Crippen molar-refractivity contribution in [3.05, 3.63) is 74.4 Å². The number of aromatic nitrogens is 1. The quantitative estimate of drug-likeness (QED) is 0.604. The molecule has 3 aromatic rings. The fraction of sp³-hybridized carbons (Fsp3) is 0.375. The normalized spacial score (nSPS) is 15.6. The second-order valence-electron chi connectivity index (χ2n) is 8.05. The van der Waals surface area contributed by atoms with Gasteiger partial charge < -0.3 is 9.72 Å². The highest BCUT2D eigenvalue weighted by molar-refractivity contribution is 6.30. The van der Waals surface area contributed by atoms with Crippen molar-refractivity contribution in [1.82, 2.24) is 9.88 Å². The van der Waals surface area contributed by atoms with E-state index in [-0.39, 0.29) is 17.4 Å². The van der Waals surface area contributed by atoms with Gasteiger partial charge in [-0.05, 0) is 72.5 Å². The number of pyridine rings is 1. The highest BCUT2D eigenvalue weighted by Gasteiger charge is 2.22. The van der Waals surface area contributed by atoms with Crippen molar-refractivity contribution < 1.29 is 9.13 Å². The summed E-state index contributed by atoms with van der Waals surface area (Å²) in [6.45, 7) is 6.66.